The lowest BCUT2D eigenvalue weighted by molar-refractivity contribution is 0.558. The van der Waals surface area contributed by atoms with Gasteiger partial charge in [-0.3, -0.25) is 9.36 Å². The number of anilines is 2. The van der Waals surface area contributed by atoms with Crippen LogP contribution in [-0.2, 0) is 0 Å². The summed E-state index contributed by atoms with van der Waals surface area (Å²) in [7, 11) is 0. The van der Waals surface area contributed by atoms with Gasteiger partial charge in [-0.25, -0.2) is 18.7 Å². The number of para-hydroxylation sites is 2. The average Bonchev–Trinajstić information content (AvgIpc) is 3.23. The molecule has 32 heavy (non-hydrogen) atoms. The van der Waals surface area contributed by atoms with E-state index in [0.29, 0.717) is 22.5 Å². The molecule has 0 amide bonds. The van der Waals surface area contributed by atoms with Gasteiger partial charge < -0.3 is 16.0 Å². The summed E-state index contributed by atoms with van der Waals surface area (Å²) in [6.07, 6.45) is 1.44. The molecule has 5 rings (SSSR count). The van der Waals surface area contributed by atoms with Gasteiger partial charge >= 0.3 is 0 Å². The zero-order valence-corrected chi connectivity index (χ0v) is 16.7. The summed E-state index contributed by atoms with van der Waals surface area (Å²) in [4.78, 5) is 33.1. The molecule has 0 aliphatic heterocycles. The minimum absolute atomic E-state index is 0.0108. The molecule has 2 aromatic carbocycles. The lowest BCUT2D eigenvalue weighted by Crippen LogP contribution is -2.29. The number of nitrogens with zero attached hydrogens (tertiary/aromatic N) is 5. The van der Waals surface area contributed by atoms with Crippen LogP contribution in [0.3, 0.4) is 0 Å². The van der Waals surface area contributed by atoms with Gasteiger partial charge in [-0.15, -0.1) is 0 Å². The van der Waals surface area contributed by atoms with Crippen LogP contribution < -0.4 is 16.6 Å². The van der Waals surface area contributed by atoms with Crippen LogP contribution in [0.5, 0.6) is 0 Å². The summed E-state index contributed by atoms with van der Waals surface area (Å²) >= 11 is 0. The molecule has 0 saturated heterocycles. The molecule has 160 valence electrons. The van der Waals surface area contributed by atoms with Gasteiger partial charge in [0.15, 0.2) is 11.5 Å². The van der Waals surface area contributed by atoms with Crippen molar-refractivity contribution in [2.75, 3.05) is 11.1 Å². The van der Waals surface area contributed by atoms with Crippen LogP contribution in [0, 0.1) is 11.6 Å². The first-order valence-corrected chi connectivity index (χ1v) is 9.63. The van der Waals surface area contributed by atoms with Gasteiger partial charge in [0.1, 0.15) is 28.7 Å². The van der Waals surface area contributed by atoms with Crippen LogP contribution in [0.15, 0.2) is 53.6 Å². The fraction of sp³-hybridized carbons (Fsp3) is 0.0952. The van der Waals surface area contributed by atoms with E-state index in [1.807, 2.05) is 0 Å². The average molecular weight is 434 g/mol. The molecule has 1 atom stereocenters. The van der Waals surface area contributed by atoms with Crippen LogP contribution in [0.1, 0.15) is 18.8 Å². The highest BCUT2D eigenvalue weighted by molar-refractivity contribution is 5.83. The van der Waals surface area contributed by atoms with Crippen molar-refractivity contribution in [1.29, 1.82) is 0 Å². The second-order valence-corrected chi connectivity index (χ2v) is 7.10. The lowest BCUT2D eigenvalue weighted by atomic mass is 10.2. The summed E-state index contributed by atoms with van der Waals surface area (Å²) in [5.74, 6) is -1.40. The maximum Gasteiger partial charge on any atom is 0.266 e. The number of H-pyrrole nitrogens is 1. The molecular formula is C21H16F2N8O. The smallest absolute Gasteiger partial charge is 0.266 e. The quantitative estimate of drug-likeness (QED) is 0.397. The van der Waals surface area contributed by atoms with E-state index in [4.69, 9.17) is 5.73 Å². The Morgan fingerprint density at radius 2 is 1.81 bits per heavy atom. The Morgan fingerprint density at radius 3 is 2.59 bits per heavy atom. The Labute approximate surface area is 179 Å². The Bertz CT molecular complexity index is 1520. The van der Waals surface area contributed by atoms with Gasteiger partial charge in [-0.1, -0.05) is 18.2 Å². The molecule has 0 aliphatic rings. The van der Waals surface area contributed by atoms with E-state index < -0.39 is 28.9 Å². The van der Waals surface area contributed by atoms with E-state index >= 15 is 0 Å². The number of nitrogen functional groups attached to an aromatic ring is 1. The van der Waals surface area contributed by atoms with Crippen LogP contribution in [0.4, 0.5) is 20.5 Å². The Balaban J connectivity index is 1.74. The monoisotopic (exact) mass is 434 g/mol. The molecule has 5 aromatic rings. The molecule has 0 saturated carbocycles. The fourth-order valence-corrected chi connectivity index (χ4v) is 3.58. The van der Waals surface area contributed by atoms with Gasteiger partial charge in [0, 0.05) is 0 Å². The molecule has 4 N–H and O–H groups in total. The topological polar surface area (TPSA) is 127 Å². The second kappa shape index (κ2) is 7.38. The van der Waals surface area contributed by atoms with E-state index in [2.05, 4.69) is 30.2 Å². The minimum Gasteiger partial charge on any atom is -0.368 e. The van der Waals surface area contributed by atoms with Crippen molar-refractivity contribution in [3.05, 3.63) is 76.6 Å². The second-order valence-electron chi connectivity index (χ2n) is 7.10. The number of imidazole rings is 1. The molecule has 0 fully saturated rings. The van der Waals surface area contributed by atoms with E-state index in [9.17, 15) is 13.6 Å². The Morgan fingerprint density at radius 1 is 1.06 bits per heavy atom. The minimum atomic E-state index is -0.889. The molecule has 11 heteroatoms. The normalized spacial score (nSPS) is 12.3. The highest BCUT2D eigenvalue weighted by Crippen LogP contribution is 2.26. The first kappa shape index (κ1) is 19.5. The molecule has 3 aromatic heterocycles. The summed E-state index contributed by atoms with van der Waals surface area (Å²) in [6, 6.07) is 9.28. The number of hydrogen-bond acceptors (Lipinski definition) is 7. The number of aromatic nitrogens is 6. The molecule has 1 unspecified atom stereocenters. The van der Waals surface area contributed by atoms with Crippen molar-refractivity contribution in [2.45, 2.75) is 13.0 Å². The third-order valence-corrected chi connectivity index (χ3v) is 5.01. The summed E-state index contributed by atoms with van der Waals surface area (Å²) in [5, 5.41) is 3.33. The SMILES string of the molecule is CC(Nc1nc(N)nc2nc[nH]c12)c1nc2ccccc2c(=O)n1-c1c(F)cccc1F. The number of rotatable bonds is 4. The van der Waals surface area contributed by atoms with Crippen molar-refractivity contribution in [3.8, 4) is 5.69 Å². The predicted molar refractivity (Wildman–Crippen MR) is 115 cm³/mol. The Hall–Kier alpha value is -4.41. The molecule has 9 nitrogen and oxygen atoms in total. The number of fused-ring (bicyclic) bond motifs is 2. The van der Waals surface area contributed by atoms with Crippen molar-refractivity contribution in [1.82, 2.24) is 29.5 Å². The van der Waals surface area contributed by atoms with Crippen molar-refractivity contribution >= 4 is 33.8 Å². The lowest BCUT2D eigenvalue weighted by Gasteiger charge is -2.20. The van der Waals surface area contributed by atoms with Gasteiger partial charge in [0.2, 0.25) is 5.95 Å². The molecule has 0 spiro atoms. The maximum absolute atomic E-state index is 14.7. The number of halogens is 2. The zero-order chi connectivity index (χ0) is 22.4. The molecule has 0 bridgehead atoms. The first-order chi connectivity index (χ1) is 15.4. The van der Waals surface area contributed by atoms with Crippen molar-refractivity contribution < 1.29 is 8.78 Å². The number of nitrogens with one attached hydrogen (secondary N) is 2. The number of hydrogen-bond donors (Lipinski definition) is 3. The van der Waals surface area contributed by atoms with Crippen molar-refractivity contribution in [3.63, 3.8) is 0 Å². The summed E-state index contributed by atoms with van der Waals surface area (Å²) < 4.78 is 30.4. The van der Waals surface area contributed by atoms with E-state index in [1.165, 1.54) is 12.4 Å². The van der Waals surface area contributed by atoms with Crippen LogP contribution >= 0.6 is 0 Å². The van der Waals surface area contributed by atoms with Crippen LogP contribution in [-0.4, -0.2) is 29.5 Å². The van der Waals surface area contributed by atoms with Gasteiger partial charge in [0.25, 0.3) is 5.56 Å². The summed E-state index contributed by atoms with van der Waals surface area (Å²) in [6.45, 7) is 1.69. The van der Waals surface area contributed by atoms with Crippen LogP contribution in [0.25, 0.3) is 27.8 Å². The van der Waals surface area contributed by atoms with Gasteiger partial charge in [0.05, 0.1) is 23.3 Å². The highest BCUT2D eigenvalue weighted by atomic mass is 19.1. The Kier molecular flexibility index (Phi) is 4.51. The zero-order valence-electron chi connectivity index (χ0n) is 16.7. The van der Waals surface area contributed by atoms with E-state index in [1.54, 1.807) is 31.2 Å². The molecule has 3 heterocycles. The van der Waals surface area contributed by atoms with E-state index in [-0.39, 0.29) is 17.2 Å². The molecule has 0 aliphatic carbocycles. The first-order valence-electron chi connectivity index (χ1n) is 9.63. The fourth-order valence-electron chi connectivity index (χ4n) is 3.58. The van der Waals surface area contributed by atoms with Gasteiger partial charge in [-0.2, -0.15) is 9.97 Å². The predicted octanol–water partition coefficient (Wildman–Crippen LogP) is 3.09. The third kappa shape index (κ3) is 3.11. The largest absolute Gasteiger partial charge is 0.368 e. The van der Waals surface area contributed by atoms with Crippen LogP contribution in [0.2, 0.25) is 0 Å². The molecule has 0 radical (unpaired) electrons. The maximum atomic E-state index is 14.7. The van der Waals surface area contributed by atoms with Crippen molar-refractivity contribution in [2.24, 2.45) is 0 Å². The highest BCUT2D eigenvalue weighted by Gasteiger charge is 2.23. The molecular weight excluding hydrogens is 418 g/mol. The van der Waals surface area contributed by atoms with Gasteiger partial charge in [-0.05, 0) is 31.2 Å². The standard InChI is InChI=1S/C21H16F2N8O/c1-10(27-18-15-17(26-9-25-15)29-21(24)30-18)19-28-14-8-3-2-5-11(14)20(32)31(19)16-12(22)6-4-7-13(16)23/h2-10H,1H3,(H4,24,25,26,27,29,30). The number of aromatic amines is 1. The number of benzene rings is 2. The number of nitrogens with two attached hydrogens (primary N) is 1. The summed E-state index contributed by atoms with van der Waals surface area (Å²) in [5.41, 5.74) is 5.88. The third-order valence-electron chi connectivity index (χ3n) is 5.01. The van der Waals surface area contributed by atoms with E-state index in [0.717, 1.165) is 16.7 Å².